The Hall–Kier alpha value is -1.59. The van der Waals surface area contributed by atoms with Crippen LogP contribution in [0.5, 0.6) is 11.5 Å². The fourth-order valence-electron chi connectivity index (χ4n) is 2.25. The fraction of sp³-hybridized carbons (Fsp3) is 0.400. The molecule has 0 spiro atoms. The van der Waals surface area contributed by atoms with Gasteiger partial charge in [-0.3, -0.25) is 0 Å². The van der Waals surface area contributed by atoms with E-state index in [9.17, 15) is 0 Å². The first-order chi connectivity index (χ1) is 9.88. The van der Waals surface area contributed by atoms with Crippen molar-refractivity contribution in [2.24, 2.45) is 0 Å². The van der Waals surface area contributed by atoms with E-state index in [-0.39, 0.29) is 6.04 Å². The highest BCUT2D eigenvalue weighted by molar-refractivity contribution is 7.09. The fourth-order valence-corrected chi connectivity index (χ4v) is 2.99. The summed E-state index contributed by atoms with van der Waals surface area (Å²) in [6, 6.07) is 6.24. The first-order valence-corrected chi connectivity index (χ1v) is 7.78. The molecule has 1 atom stereocenters. The van der Waals surface area contributed by atoms with E-state index in [1.807, 2.05) is 17.6 Å². The van der Waals surface area contributed by atoms with Gasteiger partial charge < -0.3 is 14.8 Å². The van der Waals surface area contributed by atoms with E-state index in [0.29, 0.717) is 13.2 Å². The van der Waals surface area contributed by atoms with Crippen molar-refractivity contribution >= 4 is 11.3 Å². The molecule has 1 aromatic carbocycles. The highest BCUT2D eigenvalue weighted by Gasteiger charge is 2.19. The van der Waals surface area contributed by atoms with Crippen molar-refractivity contribution in [3.63, 3.8) is 0 Å². The van der Waals surface area contributed by atoms with Crippen LogP contribution >= 0.6 is 11.3 Å². The van der Waals surface area contributed by atoms with E-state index < -0.39 is 0 Å². The second kappa shape index (κ2) is 6.24. The maximum Gasteiger partial charge on any atom is 0.161 e. The Morgan fingerprint density at radius 1 is 1.30 bits per heavy atom. The molecule has 1 aromatic heterocycles. The molecular formula is C15H18N2O2S. The first-order valence-electron chi connectivity index (χ1n) is 6.91. The number of nitrogens with zero attached hydrogens (tertiary/aromatic N) is 1. The number of hydrogen-bond acceptors (Lipinski definition) is 5. The molecule has 0 saturated heterocycles. The third-order valence-corrected chi connectivity index (χ3v) is 4.04. The minimum absolute atomic E-state index is 0.116. The van der Waals surface area contributed by atoms with Gasteiger partial charge in [0.1, 0.15) is 18.2 Å². The molecule has 0 amide bonds. The van der Waals surface area contributed by atoms with Crippen LogP contribution in [0.15, 0.2) is 29.8 Å². The lowest BCUT2D eigenvalue weighted by Crippen LogP contribution is -2.23. The zero-order valence-electron chi connectivity index (χ0n) is 11.5. The third-order valence-electron chi connectivity index (χ3n) is 3.20. The Balaban J connectivity index is 1.90. The van der Waals surface area contributed by atoms with Gasteiger partial charge in [0.2, 0.25) is 0 Å². The summed E-state index contributed by atoms with van der Waals surface area (Å²) in [6.45, 7) is 4.35. The monoisotopic (exact) mass is 290 g/mol. The standard InChI is InChI=1S/C15H18N2O2S/c1-2-5-16-14(15-17-6-9-20-15)11-3-4-12-13(10-11)19-8-7-18-12/h3-4,6,9-10,14,16H,2,5,7-8H2,1H3. The van der Waals surface area contributed by atoms with Crippen LogP contribution in [-0.4, -0.2) is 24.7 Å². The Bertz CT molecular complexity index is 557. The van der Waals surface area contributed by atoms with Gasteiger partial charge in [0.25, 0.3) is 0 Å². The Labute approximate surface area is 122 Å². The van der Waals surface area contributed by atoms with Crippen molar-refractivity contribution in [1.29, 1.82) is 0 Å². The molecule has 3 rings (SSSR count). The molecule has 0 bridgehead atoms. The number of benzene rings is 1. The lowest BCUT2D eigenvalue weighted by Gasteiger charge is -2.22. The molecule has 1 aliphatic rings. The van der Waals surface area contributed by atoms with Crippen LogP contribution in [-0.2, 0) is 0 Å². The summed E-state index contributed by atoms with van der Waals surface area (Å²) < 4.78 is 11.2. The summed E-state index contributed by atoms with van der Waals surface area (Å²) in [6.07, 6.45) is 2.94. The molecule has 106 valence electrons. The SMILES string of the molecule is CCCNC(c1ccc2c(c1)OCCO2)c1nccs1. The van der Waals surface area contributed by atoms with Gasteiger partial charge in [-0.2, -0.15) is 0 Å². The van der Waals surface area contributed by atoms with E-state index in [2.05, 4.69) is 29.4 Å². The second-order valence-electron chi connectivity index (χ2n) is 4.66. The molecule has 0 aliphatic carbocycles. The summed E-state index contributed by atoms with van der Waals surface area (Å²) in [5.74, 6) is 1.65. The van der Waals surface area contributed by atoms with E-state index in [1.165, 1.54) is 0 Å². The predicted octanol–water partition coefficient (Wildman–Crippen LogP) is 3.00. The summed E-state index contributed by atoms with van der Waals surface area (Å²) in [5, 5.41) is 6.63. The van der Waals surface area contributed by atoms with Gasteiger partial charge in [0, 0.05) is 11.6 Å². The maximum atomic E-state index is 5.67. The zero-order valence-corrected chi connectivity index (χ0v) is 12.3. The normalized spacial score (nSPS) is 15.1. The van der Waals surface area contributed by atoms with Crippen molar-refractivity contribution in [2.75, 3.05) is 19.8 Å². The molecule has 0 fully saturated rings. The molecule has 1 unspecified atom stereocenters. The van der Waals surface area contributed by atoms with Crippen LogP contribution < -0.4 is 14.8 Å². The van der Waals surface area contributed by atoms with Crippen LogP contribution in [0.4, 0.5) is 0 Å². The van der Waals surface area contributed by atoms with Gasteiger partial charge in [-0.25, -0.2) is 4.98 Å². The number of aromatic nitrogens is 1. The highest BCUT2D eigenvalue weighted by Crippen LogP contribution is 2.34. The van der Waals surface area contributed by atoms with Crippen LogP contribution in [0.2, 0.25) is 0 Å². The van der Waals surface area contributed by atoms with Gasteiger partial charge in [-0.05, 0) is 30.7 Å². The lowest BCUT2D eigenvalue weighted by atomic mass is 10.1. The first kappa shape index (κ1) is 13.4. The summed E-state index contributed by atoms with van der Waals surface area (Å²) in [5.41, 5.74) is 1.16. The van der Waals surface area contributed by atoms with Crippen molar-refractivity contribution in [1.82, 2.24) is 10.3 Å². The van der Waals surface area contributed by atoms with Crippen molar-refractivity contribution < 1.29 is 9.47 Å². The van der Waals surface area contributed by atoms with Crippen LogP contribution in [0, 0.1) is 0 Å². The average Bonchev–Trinajstić information content (AvgIpc) is 3.02. The van der Waals surface area contributed by atoms with E-state index >= 15 is 0 Å². The van der Waals surface area contributed by atoms with Gasteiger partial charge in [0.15, 0.2) is 11.5 Å². The van der Waals surface area contributed by atoms with E-state index in [4.69, 9.17) is 9.47 Å². The zero-order chi connectivity index (χ0) is 13.8. The third kappa shape index (κ3) is 2.78. The molecule has 0 saturated carbocycles. The number of hydrogen-bond donors (Lipinski definition) is 1. The number of fused-ring (bicyclic) bond motifs is 1. The minimum Gasteiger partial charge on any atom is -0.486 e. The topological polar surface area (TPSA) is 43.4 Å². The maximum absolute atomic E-state index is 5.67. The summed E-state index contributed by atoms with van der Waals surface area (Å²) in [4.78, 5) is 4.44. The largest absolute Gasteiger partial charge is 0.486 e. The molecule has 0 radical (unpaired) electrons. The second-order valence-corrected chi connectivity index (χ2v) is 5.59. The van der Waals surface area contributed by atoms with Crippen LogP contribution in [0.1, 0.15) is 30.0 Å². The molecular weight excluding hydrogens is 272 g/mol. The van der Waals surface area contributed by atoms with Gasteiger partial charge in [-0.1, -0.05) is 13.0 Å². The molecule has 20 heavy (non-hydrogen) atoms. The quantitative estimate of drug-likeness (QED) is 0.919. The highest BCUT2D eigenvalue weighted by atomic mass is 32.1. The molecule has 4 nitrogen and oxygen atoms in total. The molecule has 2 heterocycles. The van der Waals surface area contributed by atoms with E-state index in [1.54, 1.807) is 11.3 Å². The molecule has 1 aliphatic heterocycles. The Kier molecular flexibility index (Phi) is 4.18. The smallest absolute Gasteiger partial charge is 0.161 e. The number of nitrogens with one attached hydrogen (secondary N) is 1. The van der Waals surface area contributed by atoms with E-state index in [0.717, 1.165) is 35.0 Å². The summed E-state index contributed by atoms with van der Waals surface area (Å²) >= 11 is 1.67. The predicted molar refractivity (Wildman–Crippen MR) is 79.7 cm³/mol. The van der Waals surface area contributed by atoms with Crippen molar-refractivity contribution in [3.05, 3.63) is 40.3 Å². The lowest BCUT2D eigenvalue weighted by molar-refractivity contribution is 0.171. The van der Waals surface area contributed by atoms with Gasteiger partial charge in [-0.15, -0.1) is 11.3 Å². The Morgan fingerprint density at radius 2 is 2.15 bits per heavy atom. The number of ether oxygens (including phenoxy) is 2. The Morgan fingerprint density at radius 3 is 2.90 bits per heavy atom. The van der Waals surface area contributed by atoms with Crippen molar-refractivity contribution in [2.45, 2.75) is 19.4 Å². The van der Waals surface area contributed by atoms with Gasteiger partial charge in [0.05, 0.1) is 6.04 Å². The van der Waals surface area contributed by atoms with Crippen molar-refractivity contribution in [3.8, 4) is 11.5 Å². The number of thiazole rings is 1. The number of rotatable bonds is 5. The molecule has 5 heteroatoms. The van der Waals surface area contributed by atoms with Crippen LogP contribution in [0.3, 0.4) is 0 Å². The van der Waals surface area contributed by atoms with Gasteiger partial charge >= 0.3 is 0 Å². The molecule has 1 N–H and O–H groups in total. The molecule has 2 aromatic rings. The summed E-state index contributed by atoms with van der Waals surface area (Å²) in [7, 11) is 0. The average molecular weight is 290 g/mol. The minimum atomic E-state index is 0.116. The van der Waals surface area contributed by atoms with Crippen LogP contribution in [0.25, 0.3) is 0 Å².